The van der Waals surface area contributed by atoms with Crippen molar-refractivity contribution in [2.24, 2.45) is 5.73 Å². The Balaban J connectivity index is 1.61. The highest BCUT2D eigenvalue weighted by Gasteiger charge is 2.30. The van der Waals surface area contributed by atoms with Crippen LogP contribution < -0.4 is 15.8 Å². The van der Waals surface area contributed by atoms with Gasteiger partial charge in [0.15, 0.2) is 0 Å². The fourth-order valence-electron chi connectivity index (χ4n) is 3.95. The predicted octanol–water partition coefficient (Wildman–Crippen LogP) is 2.22. The van der Waals surface area contributed by atoms with Gasteiger partial charge in [0, 0.05) is 38.5 Å². The van der Waals surface area contributed by atoms with Crippen LogP contribution in [-0.4, -0.2) is 42.1 Å². The maximum absolute atomic E-state index is 11.7. The molecule has 1 fully saturated rings. The van der Waals surface area contributed by atoms with Crippen molar-refractivity contribution >= 4 is 5.91 Å². The molecule has 1 saturated heterocycles. The molecule has 0 aromatic heterocycles. The summed E-state index contributed by atoms with van der Waals surface area (Å²) in [4.78, 5) is 14.2. The van der Waals surface area contributed by atoms with Crippen LogP contribution in [0.3, 0.4) is 0 Å². The molecule has 2 aliphatic rings. The van der Waals surface area contributed by atoms with Crippen molar-refractivity contribution < 1.29 is 9.53 Å². The fraction of sp³-hybridized carbons (Fsp3) is 0.650. The zero-order chi connectivity index (χ0) is 17.9. The molecule has 0 spiro atoms. The van der Waals surface area contributed by atoms with Crippen LogP contribution in [0.5, 0.6) is 5.75 Å². The minimum atomic E-state index is -0.0953. The Labute approximate surface area is 150 Å². The first-order valence-corrected chi connectivity index (χ1v) is 9.48. The van der Waals surface area contributed by atoms with E-state index in [0.717, 1.165) is 38.2 Å². The summed E-state index contributed by atoms with van der Waals surface area (Å²) in [7, 11) is 0. The van der Waals surface area contributed by atoms with Gasteiger partial charge in [0.05, 0.1) is 0 Å². The minimum absolute atomic E-state index is 0.0601. The summed E-state index contributed by atoms with van der Waals surface area (Å²) < 4.78 is 5.98. The fourth-order valence-corrected chi connectivity index (χ4v) is 3.95. The number of benzene rings is 1. The highest BCUT2D eigenvalue weighted by atomic mass is 16.5. The molecule has 0 saturated carbocycles. The molecule has 2 heterocycles. The van der Waals surface area contributed by atoms with Gasteiger partial charge in [-0.15, -0.1) is 0 Å². The molecule has 3 rings (SSSR count). The third kappa shape index (κ3) is 4.73. The van der Waals surface area contributed by atoms with Crippen molar-refractivity contribution in [1.29, 1.82) is 0 Å². The van der Waals surface area contributed by atoms with Gasteiger partial charge in [0.25, 0.3) is 0 Å². The number of amides is 1. The number of nitrogens with zero attached hydrogens (tertiary/aromatic N) is 1. The van der Waals surface area contributed by atoms with Gasteiger partial charge in [-0.2, -0.15) is 0 Å². The second-order valence-corrected chi connectivity index (χ2v) is 7.94. The molecule has 0 bridgehead atoms. The van der Waals surface area contributed by atoms with Crippen molar-refractivity contribution in [2.45, 2.75) is 64.1 Å². The summed E-state index contributed by atoms with van der Waals surface area (Å²) in [6.45, 7) is 7.43. The molecule has 5 heteroatoms. The van der Waals surface area contributed by atoms with Crippen molar-refractivity contribution in [2.75, 3.05) is 19.6 Å². The van der Waals surface area contributed by atoms with E-state index in [2.05, 4.69) is 42.3 Å². The third-order valence-electron chi connectivity index (χ3n) is 5.17. The van der Waals surface area contributed by atoms with Gasteiger partial charge in [-0.3, -0.25) is 9.69 Å². The second kappa shape index (κ2) is 7.75. The van der Waals surface area contributed by atoms with Gasteiger partial charge in [-0.1, -0.05) is 18.6 Å². The largest absolute Gasteiger partial charge is 0.487 e. The lowest BCUT2D eigenvalue weighted by molar-refractivity contribution is -0.121. The first-order chi connectivity index (χ1) is 12.0. The van der Waals surface area contributed by atoms with Crippen LogP contribution in [0, 0.1) is 0 Å². The lowest BCUT2D eigenvalue weighted by atomic mass is 9.98. The van der Waals surface area contributed by atoms with E-state index in [4.69, 9.17) is 10.5 Å². The van der Waals surface area contributed by atoms with E-state index < -0.39 is 0 Å². The maximum atomic E-state index is 11.7. The quantitative estimate of drug-likeness (QED) is 0.830. The number of likely N-dealkylation sites (tertiary alicyclic amines) is 1. The Bertz CT molecular complexity index is 615. The van der Waals surface area contributed by atoms with E-state index in [1.54, 1.807) is 0 Å². The number of hydrogen-bond donors (Lipinski definition) is 2. The van der Waals surface area contributed by atoms with Crippen LogP contribution in [0.15, 0.2) is 18.2 Å². The molecule has 25 heavy (non-hydrogen) atoms. The minimum Gasteiger partial charge on any atom is -0.487 e. The Morgan fingerprint density at radius 2 is 2.24 bits per heavy atom. The standard InChI is InChI=1S/C20H31N3O2/c1-20(2)12-16-11-15(6-7-18(16)25-20)14-23-10-4-3-5-17(23)13-22-19(24)8-9-21/h6-7,11,17H,3-5,8-10,12-14,21H2,1-2H3,(H,22,24). The topological polar surface area (TPSA) is 67.6 Å². The van der Waals surface area contributed by atoms with Crippen LogP contribution in [0.2, 0.25) is 0 Å². The Morgan fingerprint density at radius 1 is 1.40 bits per heavy atom. The molecule has 1 atom stereocenters. The molecular weight excluding hydrogens is 314 g/mol. The maximum Gasteiger partial charge on any atom is 0.221 e. The molecule has 3 N–H and O–H groups in total. The smallest absolute Gasteiger partial charge is 0.221 e. The molecule has 0 radical (unpaired) electrons. The summed E-state index contributed by atoms with van der Waals surface area (Å²) >= 11 is 0. The molecule has 1 amide bonds. The van der Waals surface area contributed by atoms with Gasteiger partial charge < -0.3 is 15.8 Å². The van der Waals surface area contributed by atoms with Gasteiger partial charge in [0.1, 0.15) is 11.4 Å². The average molecular weight is 345 g/mol. The first kappa shape index (κ1) is 18.2. The molecular formula is C20H31N3O2. The highest BCUT2D eigenvalue weighted by molar-refractivity contribution is 5.76. The summed E-state index contributed by atoms with van der Waals surface area (Å²) in [5.74, 6) is 1.09. The monoisotopic (exact) mass is 345 g/mol. The highest BCUT2D eigenvalue weighted by Crippen LogP contribution is 2.35. The Kier molecular flexibility index (Phi) is 5.64. The number of piperidine rings is 1. The van der Waals surface area contributed by atoms with Crippen molar-refractivity contribution in [3.8, 4) is 5.75 Å². The van der Waals surface area contributed by atoms with Crippen LogP contribution in [0.25, 0.3) is 0 Å². The summed E-state index contributed by atoms with van der Waals surface area (Å²) in [5.41, 5.74) is 8.00. The summed E-state index contributed by atoms with van der Waals surface area (Å²) in [5, 5.41) is 3.04. The number of hydrogen-bond acceptors (Lipinski definition) is 4. The number of carbonyl (C=O) groups is 1. The number of carbonyl (C=O) groups excluding carboxylic acids is 1. The van der Waals surface area contributed by atoms with Crippen LogP contribution in [0.4, 0.5) is 0 Å². The van der Waals surface area contributed by atoms with Gasteiger partial charge >= 0.3 is 0 Å². The number of nitrogens with one attached hydrogen (secondary N) is 1. The SMILES string of the molecule is CC1(C)Cc2cc(CN3CCCCC3CNC(=O)CCN)ccc2O1. The predicted molar refractivity (Wildman–Crippen MR) is 99.6 cm³/mol. The molecule has 1 aromatic rings. The second-order valence-electron chi connectivity index (χ2n) is 7.94. The van der Waals surface area contributed by atoms with Crippen LogP contribution in [-0.2, 0) is 17.8 Å². The summed E-state index contributed by atoms with van der Waals surface area (Å²) in [6, 6.07) is 7.00. The van der Waals surface area contributed by atoms with Crippen LogP contribution >= 0.6 is 0 Å². The third-order valence-corrected chi connectivity index (χ3v) is 5.17. The summed E-state index contributed by atoms with van der Waals surface area (Å²) in [6.07, 6.45) is 4.99. The van der Waals surface area contributed by atoms with E-state index in [1.165, 1.54) is 24.0 Å². The normalized spacial score (nSPS) is 22.3. The average Bonchev–Trinajstić information content (AvgIpc) is 2.87. The molecule has 2 aliphatic heterocycles. The molecule has 1 unspecified atom stereocenters. The van der Waals surface area contributed by atoms with E-state index in [-0.39, 0.29) is 11.5 Å². The number of ether oxygens (including phenoxy) is 1. The van der Waals surface area contributed by atoms with Gasteiger partial charge in [-0.05, 0) is 50.4 Å². The molecule has 5 nitrogen and oxygen atoms in total. The molecule has 1 aromatic carbocycles. The van der Waals surface area contributed by atoms with E-state index in [9.17, 15) is 4.79 Å². The van der Waals surface area contributed by atoms with Gasteiger partial charge in [0.2, 0.25) is 5.91 Å². The zero-order valence-corrected chi connectivity index (χ0v) is 15.5. The van der Waals surface area contributed by atoms with E-state index in [0.29, 0.717) is 19.0 Å². The number of fused-ring (bicyclic) bond motifs is 1. The number of nitrogens with two attached hydrogens (primary N) is 1. The van der Waals surface area contributed by atoms with E-state index >= 15 is 0 Å². The Morgan fingerprint density at radius 3 is 3.04 bits per heavy atom. The Hall–Kier alpha value is -1.59. The van der Waals surface area contributed by atoms with Crippen LogP contribution in [0.1, 0.15) is 50.7 Å². The lowest BCUT2D eigenvalue weighted by Crippen LogP contribution is -2.46. The van der Waals surface area contributed by atoms with Crippen molar-refractivity contribution in [3.63, 3.8) is 0 Å². The molecule has 138 valence electrons. The number of rotatable bonds is 6. The van der Waals surface area contributed by atoms with Crippen molar-refractivity contribution in [1.82, 2.24) is 10.2 Å². The zero-order valence-electron chi connectivity index (χ0n) is 15.5. The van der Waals surface area contributed by atoms with Crippen molar-refractivity contribution in [3.05, 3.63) is 29.3 Å². The molecule has 0 aliphatic carbocycles. The van der Waals surface area contributed by atoms with Gasteiger partial charge in [-0.25, -0.2) is 0 Å². The lowest BCUT2D eigenvalue weighted by Gasteiger charge is -2.36. The first-order valence-electron chi connectivity index (χ1n) is 9.48. The van der Waals surface area contributed by atoms with E-state index in [1.807, 2.05) is 0 Å².